The number of aryl methyl sites for hydroxylation is 1. The van der Waals surface area contributed by atoms with Crippen molar-refractivity contribution in [2.75, 3.05) is 6.54 Å². The maximum Gasteiger partial charge on any atom is 0.0294 e. The lowest BCUT2D eigenvalue weighted by Gasteiger charge is -2.15. The monoisotopic (exact) mass is 203 g/mol. The van der Waals surface area contributed by atoms with Crippen molar-refractivity contribution in [1.82, 2.24) is 5.32 Å². The molecule has 0 spiro atoms. The minimum absolute atomic E-state index is 0.397. The Morgan fingerprint density at radius 1 is 1.33 bits per heavy atom. The fourth-order valence-corrected chi connectivity index (χ4v) is 1.40. The standard InChI is InChI=1S/C14H21N/c1-5-11(2)10-15-13(4)14-8-6-12(3)7-9-14/h6-9,13,15H,2,5,10H2,1,3-4H3. The van der Waals surface area contributed by atoms with Gasteiger partial charge in [0.1, 0.15) is 0 Å². The van der Waals surface area contributed by atoms with Crippen LogP contribution in [0.5, 0.6) is 0 Å². The summed E-state index contributed by atoms with van der Waals surface area (Å²) in [6, 6.07) is 9.07. The van der Waals surface area contributed by atoms with Gasteiger partial charge in [-0.1, -0.05) is 48.9 Å². The van der Waals surface area contributed by atoms with Crippen LogP contribution in [-0.4, -0.2) is 6.54 Å². The molecule has 1 aromatic carbocycles. The molecule has 0 saturated heterocycles. The quantitative estimate of drug-likeness (QED) is 0.721. The van der Waals surface area contributed by atoms with E-state index in [0.29, 0.717) is 6.04 Å². The highest BCUT2D eigenvalue weighted by molar-refractivity contribution is 5.23. The number of rotatable bonds is 5. The van der Waals surface area contributed by atoms with Crippen molar-refractivity contribution in [2.45, 2.75) is 33.2 Å². The second kappa shape index (κ2) is 5.72. The van der Waals surface area contributed by atoms with E-state index in [1.807, 2.05) is 0 Å². The second-order valence-corrected chi connectivity index (χ2v) is 4.12. The summed E-state index contributed by atoms with van der Waals surface area (Å²) in [4.78, 5) is 0. The largest absolute Gasteiger partial charge is 0.306 e. The molecule has 1 atom stereocenters. The zero-order valence-electron chi connectivity index (χ0n) is 10.0. The molecule has 0 aliphatic heterocycles. The van der Waals surface area contributed by atoms with Crippen molar-refractivity contribution in [3.8, 4) is 0 Å². The van der Waals surface area contributed by atoms with Crippen LogP contribution in [0.2, 0.25) is 0 Å². The van der Waals surface area contributed by atoms with Crippen molar-refractivity contribution in [3.63, 3.8) is 0 Å². The van der Waals surface area contributed by atoms with Crippen molar-refractivity contribution < 1.29 is 0 Å². The maximum absolute atomic E-state index is 3.99. The molecule has 82 valence electrons. The van der Waals surface area contributed by atoms with Gasteiger partial charge in [-0.15, -0.1) is 0 Å². The summed E-state index contributed by atoms with van der Waals surface area (Å²) in [6.07, 6.45) is 1.05. The molecule has 1 unspecified atom stereocenters. The first kappa shape index (κ1) is 12.0. The van der Waals surface area contributed by atoms with Crippen molar-refractivity contribution in [2.24, 2.45) is 0 Å². The number of nitrogens with one attached hydrogen (secondary N) is 1. The van der Waals surface area contributed by atoms with Crippen LogP contribution in [0.1, 0.15) is 37.4 Å². The van der Waals surface area contributed by atoms with Crippen LogP contribution < -0.4 is 5.32 Å². The van der Waals surface area contributed by atoms with Gasteiger partial charge >= 0.3 is 0 Å². The molecule has 0 aliphatic carbocycles. The third-order valence-electron chi connectivity index (χ3n) is 2.74. The van der Waals surface area contributed by atoms with E-state index in [0.717, 1.165) is 13.0 Å². The van der Waals surface area contributed by atoms with E-state index in [-0.39, 0.29) is 0 Å². The molecule has 0 bridgehead atoms. The van der Waals surface area contributed by atoms with Gasteiger partial charge in [0.15, 0.2) is 0 Å². The van der Waals surface area contributed by atoms with Crippen molar-refractivity contribution >= 4 is 0 Å². The van der Waals surface area contributed by atoms with Gasteiger partial charge in [0.2, 0.25) is 0 Å². The van der Waals surface area contributed by atoms with Gasteiger partial charge in [-0.2, -0.15) is 0 Å². The topological polar surface area (TPSA) is 12.0 Å². The Labute approximate surface area is 93.2 Å². The van der Waals surface area contributed by atoms with Crippen LogP contribution in [0.4, 0.5) is 0 Å². The summed E-state index contributed by atoms with van der Waals surface area (Å²) in [6.45, 7) is 11.3. The normalized spacial score (nSPS) is 12.5. The summed E-state index contributed by atoms with van der Waals surface area (Å²) in [5, 5.41) is 3.47. The fraction of sp³-hybridized carbons (Fsp3) is 0.429. The summed E-state index contributed by atoms with van der Waals surface area (Å²) < 4.78 is 0. The lowest BCUT2D eigenvalue weighted by atomic mass is 10.1. The molecule has 1 rings (SSSR count). The molecular formula is C14H21N. The molecular weight excluding hydrogens is 182 g/mol. The van der Waals surface area contributed by atoms with Gasteiger partial charge in [-0.05, 0) is 25.8 Å². The van der Waals surface area contributed by atoms with E-state index in [1.54, 1.807) is 0 Å². The van der Waals surface area contributed by atoms with Gasteiger partial charge in [0, 0.05) is 12.6 Å². The van der Waals surface area contributed by atoms with E-state index in [9.17, 15) is 0 Å². The number of hydrogen-bond donors (Lipinski definition) is 1. The van der Waals surface area contributed by atoms with E-state index in [1.165, 1.54) is 16.7 Å². The van der Waals surface area contributed by atoms with Crippen LogP contribution in [-0.2, 0) is 0 Å². The molecule has 0 amide bonds. The molecule has 1 aromatic rings. The average Bonchev–Trinajstić information content (AvgIpc) is 2.26. The fourth-order valence-electron chi connectivity index (χ4n) is 1.40. The molecule has 0 heterocycles. The van der Waals surface area contributed by atoms with Gasteiger partial charge in [-0.3, -0.25) is 0 Å². The lowest BCUT2D eigenvalue weighted by Crippen LogP contribution is -2.20. The Balaban J connectivity index is 2.50. The molecule has 0 saturated carbocycles. The summed E-state index contributed by atoms with van der Waals surface area (Å²) in [7, 11) is 0. The summed E-state index contributed by atoms with van der Waals surface area (Å²) >= 11 is 0. The van der Waals surface area contributed by atoms with Crippen molar-refractivity contribution in [3.05, 3.63) is 47.5 Å². The molecule has 0 radical (unpaired) electrons. The van der Waals surface area contributed by atoms with E-state index in [4.69, 9.17) is 0 Å². The second-order valence-electron chi connectivity index (χ2n) is 4.12. The minimum Gasteiger partial charge on any atom is -0.306 e. The Bertz CT molecular complexity index is 311. The highest BCUT2D eigenvalue weighted by atomic mass is 14.9. The summed E-state index contributed by atoms with van der Waals surface area (Å²) in [5.41, 5.74) is 3.90. The van der Waals surface area contributed by atoms with Gasteiger partial charge in [0.25, 0.3) is 0 Å². The summed E-state index contributed by atoms with van der Waals surface area (Å²) in [5.74, 6) is 0. The van der Waals surface area contributed by atoms with Gasteiger partial charge in [0.05, 0.1) is 0 Å². The molecule has 1 N–H and O–H groups in total. The first-order valence-electron chi connectivity index (χ1n) is 5.60. The van der Waals surface area contributed by atoms with E-state index >= 15 is 0 Å². The SMILES string of the molecule is C=C(CC)CNC(C)c1ccc(C)cc1. The zero-order chi connectivity index (χ0) is 11.3. The van der Waals surface area contributed by atoms with Crippen LogP contribution in [0, 0.1) is 6.92 Å². The molecule has 1 nitrogen and oxygen atoms in total. The van der Waals surface area contributed by atoms with Gasteiger partial charge in [-0.25, -0.2) is 0 Å². The van der Waals surface area contributed by atoms with Crippen molar-refractivity contribution in [1.29, 1.82) is 0 Å². The smallest absolute Gasteiger partial charge is 0.0294 e. The Hall–Kier alpha value is -1.08. The van der Waals surface area contributed by atoms with Crippen LogP contribution >= 0.6 is 0 Å². The molecule has 0 aliphatic rings. The first-order valence-corrected chi connectivity index (χ1v) is 5.60. The van der Waals surface area contributed by atoms with E-state index in [2.05, 4.69) is 56.9 Å². The lowest BCUT2D eigenvalue weighted by molar-refractivity contribution is 0.602. The highest BCUT2D eigenvalue weighted by Gasteiger charge is 2.03. The van der Waals surface area contributed by atoms with Crippen LogP contribution in [0.15, 0.2) is 36.4 Å². The third-order valence-corrected chi connectivity index (χ3v) is 2.74. The number of hydrogen-bond acceptors (Lipinski definition) is 1. The zero-order valence-corrected chi connectivity index (χ0v) is 10.0. The minimum atomic E-state index is 0.397. The average molecular weight is 203 g/mol. The Morgan fingerprint density at radius 3 is 2.47 bits per heavy atom. The number of benzene rings is 1. The van der Waals surface area contributed by atoms with Crippen LogP contribution in [0.25, 0.3) is 0 Å². The highest BCUT2D eigenvalue weighted by Crippen LogP contribution is 2.13. The third kappa shape index (κ3) is 3.88. The predicted molar refractivity (Wildman–Crippen MR) is 67.0 cm³/mol. The first-order chi connectivity index (χ1) is 7.13. The van der Waals surface area contributed by atoms with Gasteiger partial charge < -0.3 is 5.32 Å². The Morgan fingerprint density at radius 2 is 1.93 bits per heavy atom. The maximum atomic E-state index is 3.99. The predicted octanol–water partition coefficient (Wildman–Crippen LogP) is 3.61. The van der Waals surface area contributed by atoms with Crippen LogP contribution in [0.3, 0.4) is 0 Å². The molecule has 0 aromatic heterocycles. The van der Waals surface area contributed by atoms with E-state index < -0.39 is 0 Å². The molecule has 15 heavy (non-hydrogen) atoms. The molecule has 0 fully saturated rings. The molecule has 1 heteroatoms. The Kier molecular flexibility index (Phi) is 4.57.